The van der Waals surface area contributed by atoms with Gasteiger partial charge in [-0.05, 0) is 50.7 Å². The summed E-state index contributed by atoms with van der Waals surface area (Å²) in [5.41, 5.74) is 0. The minimum Gasteiger partial charge on any atom is -0.481 e. The number of hydrogen-bond acceptors (Lipinski definition) is 7. The number of likely N-dealkylation sites (tertiary alicyclic amines) is 1. The van der Waals surface area contributed by atoms with Crippen molar-refractivity contribution in [1.82, 2.24) is 20.9 Å². The second-order valence-corrected chi connectivity index (χ2v) is 8.66. The van der Waals surface area contributed by atoms with E-state index in [2.05, 4.69) is 16.0 Å². The highest BCUT2D eigenvalue weighted by Gasteiger charge is 2.38. The van der Waals surface area contributed by atoms with Gasteiger partial charge in [0.25, 0.3) is 0 Å². The van der Waals surface area contributed by atoms with Crippen LogP contribution in [0.2, 0.25) is 0 Å². The first kappa shape index (κ1) is 24.9. The Morgan fingerprint density at radius 2 is 1.84 bits per heavy atom. The summed E-state index contributed by atoms with van der Waals surface area (Å²) in [4.78, 5) is 62.2. The average molecular weight is 459 g/mol. The number of nitrogens with one attached hydrogen (secondary N) is 3. The number of hydrogen-bond donors (Lipinski definition) is 5. The van der Waals surface area contributed by atoms with Crippen LogP contribution in [-0.4, -0.2) is 94.0 Å². The van der Waals surface area contributed by atoms with E-state index in [-0.39, 0.29) is 13.0 Å². The molecule has 4 unspecified atom stereocenters. The fraction of sp³-hybridized carbons (Fsp3) is 0.737. The molecule has 0 aromatic heterocycles. The van der Waals surface area contributed by atoms with Gasteiger partial charge in [-0.2, -0.15) is 11.8 Å². The Labute approximate surface area is 184 Å². The Balaban J connectivity index is 2.10. The number of carbonyl (C=O) groups excluding carboxylic acids is 3. The minimum atomic E-state index is -1.34. The molecule has 0 spiro atoms. The molecule has 2 aliphatic heterocycles. The number of carboxylic acid groups (broad SMARTS) is 2. The van der Waals surface area contributed by atoms with Crippen molar-refractivity contribution < 1.29 is 34.2 Å². The van der Waals surface area contributed by atoms with Crippen molar-refractivity contribution in [2.45, 2.75) is 62.7 Å². The number of thioether (sulfide) groups is 1. The van der Waals surface area contributed by atoms with E-state index in [0.717, 1.165) is 6.42 Å². The molecule has 0 bridgehead atoms. The van der Waals surface area contributed by atoms with E-state index in [1.807, 2.05) is 6.26 Å². The third-order valence-corrected chi connectivity index (χ3v) is 6.08. The van der Waals surface area contributed by atoms with Crippen LogP contribution in [0, 0.1) is 0 Å². The lowest BCUT2D eigenvalue weighted by atomic mass is 10.1. The van der Waals surface area contributed by atoms with Crippen LogP contribution in [0.1, 0.15) is 38.5 Å². The number of nitrogens with zero attached hydrogens (tertiary/aromatic N) is 1. The van der Waals surface area contributed by atoms with Crippen LogP contribution in [0.5, 0.6) is 0 Å². The fourth-order valence-electron chi connectivity index (χ4n) is 3.82. The number of carbonyl (C=O) groups is 5. The number of amides is 3. The summed E-state index contributed by atoms with van der Waals surface area (Å²) in [7, 11) is 0. The first-order valence-electron chi connectivity index (χ1n) is 10.3. The predicted molar refractivity (Wildman–Crippen MR) is 113 cm³/mol. The standard InChI is InChI=1S/C19H30N4O7S/c1-31-9-6-12(18(28)23-8-3-5-14(23)19(29)30)21-17(27)13(10-15(24)25)22-16(26)11-4-2-7-20-11/h11-14,20H,2-10H2,1H3,(H,21,27)(H,22,26)(H,24,25)(H,29,30). The van der Waals surface area contributed by atoms with Gasteiger partial charge in [-0.1, -0.05) is 0 Å². The molecule has 5 N–H and O–H groups in total. The van der Waals surface area contributed by atoms with E-state index in [1.165, 1.54) is 16.7 Å². The van der Waals surface area contributed by atoms with Crippen molar-refractivity contribution in [2.75, 3.05) is 25.1 Å². The molecule has 4 atom stereocenters. The summed E-state index contributed by atoms with van der Waals surface area (Å²) in [5.74, 6) is -3.58. The highest BCUT2D eigenvalue weighted by molar-refractivity contribution is 7.98. The van der Waals surface area contributed by atoms with E-state index in [1.54, 1.807) is 0 Å². The van der Waals surface area contributed by atoms with Gasteiger partial charge in [0, 0.05) is 6.54 Å². The largest absolute Gasteiger partial charge is 0.481 e. The fourth-order valence-corrected chi connectivity index (χ4v) is 4.29. The van der Waals surface area contributed by atoms with Gasteiger partial charge in [-0.3, -0.25) is 19.2 Å². The molecule has 174 valence electrons. The van der Waals surface area contributed by atoms with Gasteiger partial charge in [-0.15, -0.1) is 0 Å². The van der Waals surface area contributed by atoms with E-state index >= 15 is 0 Å². The molecular weight excluding hydrogens is 428 g/mol. The van der Waals surface area contributed by atoms with Crippen LogP contribution in [0.15, 0.2) is 0 Å². The zero-order chi connectivity index (χ0) is 23.0. The lowest BCUT2D eigenvalue weighted by molar-refractivity contribution is -0.149. The van der Waals surface area contributed by atoms with Crippen LogP contribution in [0.3, 0.4) is 0 Å². The van der Waals surface area contributed by atoms with E-state index in [9.17, 15) is 34.2 Å². The topological polar surface area (TPSA) is 165 Å². The maximum absolute atomic E-state index is 13.0. The van der Waals surface area contributed by atoms with Gasteiger partial charge in [0.2, 0.25) is 17.7 Å². The second-order valence-electron chi connectivity index (χ2n) is 7.68. The summed E-state index contributed by atoms with van der Waals surface area (Å²) in [6.45, 7) is 0.948. The van der Waals surface area contributed by atoms with Gasteiger partial charge in [-0.25, -0.2) is 4.79 Å². The first-order valence-corrected chi connectivity index (χ1v) is 11.7. The van der Waals surface area contributed by atoms with Crippen LogP contribution in [0.25, 0.3) is 0 Å². The van der Waals surface area contributed by atoms with Crippen molar-refractivity contribution in [2.24, 2.45) is 0 Å². The zero-order valence-corrected chi connectivity index (χ0v) is 18.3. The summed E-state index contributed by atoms with van der Waals surface area (Å²) < 4.78 is 0. The highest BCUT2D eigenvalue weighted by Crippen LogP contribution is 2.20. The molecule has 2 saturated heterocycles. The lowest BCUT2D eigenvalue weighted by Gasteiger charge is -2.28. The molecule has 2 aliphatic rings. The Bertz CT molecular complexity index is 699. The van der Waals surface area contributed by atoms with E-state index in [4.69, 9.17) is 0 Å². The van der Waals surface area contributed by atoms with Crippen LogP contribution in [-0.2, 0) is 24.0 Å². The number of carboxylic acids is 2. The van der Waals surface area contributed by atoms with Crippen molar-refractivity contribution in [1.29, 1.82) is 0 Å². The maximum atomic E-state index is 13.0. The Morgan fingerprint density at radius 3 is 2.42 bits per heavy atom. The molecule has 3 amide bonds. The molecule has 0 aromatic carbocycles. The normalized spacial score (nSPS) is 22.5. The molecule has 0 aliphatic carbocycles. The third kappa shape index (κ3) is 7.10. The SMILES string of the molecule is CSCCC(NC(=O)C(CC(=O)O)NC(=O)C1CCCN1)C(=O)N1CCCC1C(=O)O. The molecule has 0 aromatic rings. The summed E-state index contributed by atoms with van der Waals surface area (Å²) in [6.07, 6.45) is 3.75. The van der Waals surface area contributed by atoms with Crippen molar-refractivity contribution >= 4 is 41.4 Å². The molecule has 31 heavy (non-hydrogen) atoms. The smallest absolute Gasteiger partial charge is 0.326 e. The van der Waals surface area contributed by atoms with E-state index < -0.39 is 60.2 Å². The zero-order valence-electron chi connectivity index (χ0n) is 17.5. The van der Waals surface area contributed by atoms with Crippen molar-refractivity contribution in [3.8, 4) is 0 Å². The van der Waals surface area contributed by atoms with Gasteiger partial charge >= 0.3 is 11.9 Å². The third-order valence-electron chi connectivity index (χ3n) is 5.43. The first-order chi connectivity index (χ1) is 14.7. The van der Waals surface area contributed by atoms with Gasteiger partial charge < -0.3 is 31.1 Å². The molecular formula is C19H30N4O7S. The molecule has 11 nitrogen and oxygen atoms in total. The summed E-state index contributed by atoms with van der Waals surface area (Å²) in [6, 6.07) is -3.77. The quantitative estimate of drug-likeness (QED) is 0.261. The van der Waals surface area contributed by atoms with Crippen LogP contribution < -0.4 is 16.0 Å². The van der Waals surface area contributed by atoms with Gasteiger partial charge in [0.1, 0.15) is 18.1 Å². The number of aliphatic carboxylic acids is 2. The van der Waals surface area contributed by atoms with Gasteiger partial charge in [0.05, 0.1) is 12.5 Å². The minimum absolute atomic E-state index is 0.256. The summed E-state index contributed by atoms with van der Waals surface area (Å²) in [5, 5.41) is 26.5. The lowest BCUT2D eigenvalue weighted by Crippen LogP contribution is -2.57. The summed E-state index contributed by atoms with van der Waals surface area (Å²) >= 11 is 1.46. The number of rotatable bonds is 11. The van der Waals surface area contributed by atoms with E-state index in [0.29, 0.717) is 31.6 Å². The average Bonchev–Trinajstić information content (AvgIpc) is 3.41. The molecule has 2 fully saturated rings. The molecule has 0 radical (unpaired) electrons. The Morgan fingerprint density at radius 1 is 1.10 bits per heavy atom. The van der Waals surface area contributed by atoms with Crippen LogP contribution >= 0.6 is 11.8 Å². The Hall–Kier alpha value is -2.34. The van der Waals surface area contributed by atoms with Crippen LogP contribution in [0.4, 0.5) is 0 Å². The second kappa shape index (κ2) is 11.9. The predicted octanol–water partition coefficient (Wildman–Crippen LogP) is -0.989. The Kier molecular flexibility index (Phi) is 9.56. The van der Waals surface area contributed by atoms with Crippen molar-refractivity contribution in [3.63, 3.8) is 0 Å². The maximum Gasteiger partial charge on any atom is 0.326 e. The monoisotopic (exact) mass is 458 g/mol. The molecule has 2 rings (SSSR count). The highest BCUT2D eigenvalue weighted by atomic mass is 32.2. The molecule has 2 heterocycles. The van der Waals surface area contributed by atoms with Gasteiger partial charge in [0.15, 0.2) is 0 Å². The van der Waals surface area contributed by atoms with Crippen molar-refractivity contribution in [3.05, 3.63) is 0 Å². The molecule has 0 saturated carbocycles. The molecule has 12 heteroatoms.